The van der Waals surface area contributed by atoms with Crippen molar-refractivity contribution in [3.8, 4) is 11.5 Å². The molecule has 1 unspecified atom stereocenters. The van der Waals surface area contributed by atoms with Crippen LogP contribution in [0.4, 0.5) is 0 Å². The Morgan fingerprint density at radius 3 is 2.93 bits per heavy atom. The average Bonchev–Trinajstić information content (AvgIpc) is 3.34. The minimum absolute atomic E-state index is 0.0232. The van der Waals surface area contributed by atoms with Crippen LogP contribution in [0.1, 0.15) is 37.1 Å². The number of nitrogens with one attached hydrogen (secondary N) is 1. The van der Waals surface area contributed by atoms with Crippen molar-refractivity contribution < 1.29 is 14.3 Å². The molecular weight excluding hydrogens is 344 g/mol. The van der Waals surface area contributed by atoms with E-state index < -0.39 is 0 Å². The first-order chi connectivity index (χ1) is 13.3. The summed E-state index contributed by atoms with van der Waals surface area (Å²) in [6.45, 7) is 5.91. The standard InChI is InChI=1S/C20H26N4O3/c1-2-26-16-7-5-15(6-8-16)17-4-3-10-23(17)20(25)14-27-19-13-22-24-11-9-21-12-18(19)24/h5-8,13,17,21H,2-4,9-12,14H2,1H3. The zero-order valence-electron chi connectivity index (χ0n) is 15.7. The molecule has 1 aromatic heterocycles. The van der Waals surface area contributed by atoms with Crippen LogP contribution in [-0.2, 0) is 17.9 Å². The fourth-order valence-electron chi connectivity index (χ4n) is 3.86. The third kappa shape index (κ3) is 3.78. The molecule has 144 valence electrons. The van der Waals surface area contributed by atoms with Crippen LogP contribution in [0.5, 0.6) is 11.5 Å². The molecule has 0 aliphatic carbocycles. The molecule has 7 heteroatoms. The van der Waals surface area contributed by atoms with Crippen molar-refractivity contribution in [1.29, 1.82) is 0 Å². The lowest BCUT2D eigenvalue weighted by Gasteiger charge is -2.25. The maximum Gasteiger partial charge on any atom is 0.261 e. The third-order valence-corrected chi connectivity index (χ3v) is 5.20. The van der Waals surface area contributed by atoms with Crippen LogP contribution in [0.3, 0.4) is 0 Å². The van der Waals surface area contributed by atoms with E-state index in [1.807, 2.05) is 28.6 Å². The van der Waals surface area contributed by atoms with Gasteiger partial charge >= 0.3 is 0 Å². The van der Waals surface area contributed by atoms with Crippen LogP contribution in [0, 0.1) is 0 Å². The van der Waals surface area contributed by atoms with Gasteiger partial charge in [-0.3, -0.25) is 9.48 Å². The highest BCUT2D eigenvalue weighted by Crippen LogP contribution is 2.33. The van der Waals surface area contributed by atoms with Crippen molar-refractivity contribution in [1.82, 2.24) is 20.0 Å². The van der Waals surface area contributed by atoms with E-state index in [9.17, 15) is 4.79 Å². The fourth-order valence-corrected chi connectivity index (χ4v) is 3.86. The van der Waals surface area contributed by atoms with Crippen molar-refractivity contribution >= 4 is 5.91 Å². The Hall–Kier alpha value is -2.54. The summed E-state index contributed by atoms with van der Waals surface area (Å²) in [5.74, 6) is 1.59. The summed E-state index contributed by atoms with van der Waals surface area (Å²) in [5, 5.41) is 7.64. The lowest BCUT2D eigenvalue weighted by Crippen LogP contribution is -2.34. The van der Waals surface area contributed by atoms with Crippen molar-refractivity contribution in [2.75, 3.05) is 26.3 Å². The number of hydrogen-bond donors (Lipinski definition) is 1. The Morgan fingerprint density at radius 2 is 2.11 bits per heavy atom. The predicted molar refractivity (Wildman–Crippen MR) is 101 cm³/mol. The second kappa shape index (κ2) is 8.00. The number of amides is 1. The van der Waals surface area contributed by atoms with Crippen molar-refractivity contribution in [3.63, 3.8) is 0 Å². The molecular formula is C20H26N4O3. The number of likely N-dealkylation sites (tertiary alicyclic amines) is 1. The van der Waals surface area contributed by atoms with E-state index in [4.69, 9.17) is 9.47 Å². The zero-order chi connectivity index (χ0) is 18.6. The topological polar surface area (TPSA) is 68.6 Å². The maximum absolute atomic E-state index is 12.8. The van der Waals surface area contributed by atoms with Crippen LogP contribution < -0.4 is 14.8 Å². The van der Waals surface area contributed by atoms with Gasteiger partial charge in [0.15, 0.2) is 12.4 Å². The fraction of sp³-hybridized carbons (Fsp3) is 0.500. The maximum atomic E-state index is 12.8. The van der Waals surface area contributed by atoms with Gasteiger partial charge in [0.25, 0.3) is 5.91 Å². The molecule has 0 bridgehead atoms. The minimum atomic E-state index is 0.0232. The number of benzene rings is 1. The summed E-state index contributed by atoms with van der Waals surface area (Å²) in [6.07, 6.45) is 3.70. The van der Waals surface area contributed by atoms with E-state index in [2.05, 4.69) is 22.5 Å². The number of hydrogen-bond acceptors (Lipinski definition) is 5. The quantitative estimate of drug-likeness (QED) is 0.844. The number of ether oxygens (including phenoxy) is 2. The van der Waals surface area contributed by atoms with Gasteiger partial charge < -0.3 is 19.7 Å². The van der Waals surface area contributed by atoms with Crippen molar-refractivity contribution in [2.24, 2.45) is 0 Å². The lowest BCUT2D eigenvalue weighted by atomic mass is 10.0. The van der Waals surface area contributed by atoms with E-state index in [0.29, 0.717) is 12.4 Å². The van der Waals surface area contributed by atoms with Crippen molar-refractivity contribution in [2.45, 2.75) is 38.9 Å². The van der Waals surface area contributed by atoms with Crippen LogP contribution in [0.2, 0.25) is 0 Å². The second-order valence-corrected chi connectivity index (χ2v) is 6.89. The van der Waals surface area contributed by atoms with Gasteiger partial charge in [-0.25, -0.2) is 0 Å². The number of carbonyl (C=O) groups is 1. The number of rotatable bonds is 6. The number of nitrogens with zero attached hydrogens (tertiary/aromatic N) is 3. The minimum Gasteiger partial charge on any atom is -0.494 e. The highest BCUT2D eigenvalue weighted by Gasteiger charge is 2.30. The van der Waals surface area contributed by atoms with E-state index >= 15 is 0 Å². The Bertz CT molecular complexity index is 787. The molecule has 0 radical (unpaired) electrons. The number of carbonyl (C=O) groups excluding carboxylic acids is 1. The van der Waals surface area contributed by atoms with Gasteiger partial charge in [0.05, 0.1) is 31.1 Å². The number of fused-ring (bicyclic) bond motifs is 1. The Kier molecular flexibility index (Phi) is 5.29. The summed E-state index contributed by atoms with van der Waals surface area (Å²) in [7, 11) is 0. The van der Waals surface area contributed by atoms with Crippen molar-refractivity contribution in [3.05, 3.63) is 41.7 Å². The van der Waals surface area contributed by atoms with Gasteiger partial charge in [-0.2, -0.15) is 5.10 Å². The van der Waals surface area contributed by atoms with Gasteiger partial charge in [0, 0.05) is 19.6 Å². The Morgan fingerprint density at radius 1 is 1.26 bits per heavy atom. The summed E-state index contributed by atoms with van der Waals surface area (Å²) in [5.41, 5.74) is 2.16. The molecule has 2 aliphatic rings. The Balaban J connectivity index is 1.39. The molecule has 27 heavy (non-hydrogen) atoms. The van der Waals surface area contributed by atoms with Gasteiger partial charge in [-0.15, -0.1) is 0 Å². The molecule has 3 heterocycles. The van der Waals surface area contributed by atoms with Crippen LogP contribution in [-0.4, -0.2) is 46.9 Å². The third-order valence-electron chi connectivity index (χ3n) is 5.20. The molecule has 1 aromatic carbocycles. The highest BCUT2D eigenvalue weighted by atomic mass is 16.5. The second-order valence-electron chi connectivity index (χ2n) is 6.89. The van der Waals surface area contributed by atoms with E-state index in [1.165, 1.54) is 0 Å². The molecule has 2 aliphatic heterocycles. The predicted octanol–water partition coefficient (Wildman–Crippen LogP) is 2.13. The first-order valence-electron chi connectivity index (χ1n) is 9.66. The molecule has 1 N–H and O–H groups in total. The molecule has 1 fully saturated rings. The molecule has 0 saturated carbocycles. The molecule has 1 atom stereocenters. The Labute approximate surface area is 159 Å². The molecule has 0 spiro atoms. The first kappa shape index (κ1) is 17.9. The summed E-state index contributed by atoms with van der Waals surface area (Å²) >= 11 is 0. The molecule has 4 rings (SSSR count). The highest BCUT2D eigenvalue weighted by molar-refractivity contribution is 5.78. The largest absolute Gasteiger partial charge is 0.494 e. The van der Waals surface area contributed by atoms with Gasteiger partial charge in [0.1, 0.15) is 5.75 Å². The van der Waals surface area contributed by atoms with E-state index in [1.54, 1.807) is 6.20 Å². The summed E-state index contributed by atoms with van der Waals surface area (Å²) in [6, 6.07) is 8.17. The van der Waals surface area contributed by atoms with Crippen LogP contribution in [0.15, 0.2) is 30.5 Å². The van der Waals surface area contributed by atoms with Gasteiger partial charge in [-0.05, 0) is 37.5 Å². The van der Waals surface area contributed by atoms with Gasteiger partial charge in [-0.1, -0.05) is 12.1 Å². The monoisotopic (exact) mass is 370 g/mol. The normalized spacial score (nSPS) is 19.0. The lowest BCUT2D eigenvalue weighted by molar-refractivity contribution is -0.134. The SMILES string of the molecule is CCOc1ccc(C2CCCN2C(=O)COc2cnn3c2CNCC3)cc1. The van der Waals surface area contributed by atoms with E-state index in [-0.39, 0.29) is 18.6 Å². The molecule has 1 saturated heterocycles. The molecule has 1 amide bonds. The summed E-state index contributed by atoms with van der Waals surface area (Å²) < 4.78 is 13.3. The first-order valence-corrected chi connectivity index (χ1v) is 9.66. The van der Waals surface area contributed by atoms with E-state index in [0.717, 1.165) is 56.0 Å². The zero-order valence-corrected chi connectivity index (χ0v) is 15.7. The van der Waals surface area contributed by atoms with Gasteiger partial charge in [0.2, 0.25) is 0 Å². The van der Waals surface area contributed by atoms with Crippen LogP contribution in [0.25, 0.3) is 0 Å². The summed E-state index contributed by atoms with van der Waals surface area (Å²) in [4.78, 5) is 14.7. The molecule has 7 nitrogen and oxygen atoms in total. The number of aromatic nitrogens is 2. The smallest absolute Gasteiger partial charge is 0.261 e. The molecule has 2 aromatic rings. The average molecular weight is 370 g/mol. The van der Waals surface area contributed by atoms with Crippen LogP contribution >= 0.6 is 0 Å².